The van der Waals surface area contributed by atoms with E-state index in [1.54, 1.807) is 6.20 Å². The van der Waals surface area contributed by atoms with Gasteiger partial charge in [-0.1, -0.05) is 4.49 Å². The summed E-state index contributed by atoms with van der Waals surface area (Å²) in [6, 6.07) is -0.274. The molecule has 2 aromatic heterocycles. The van der Waals surface area contributed by atoms with Crippen LogP contribution in [0.25, 0.3) is 0 Å². The largest absolute Gasteiger partial charge is 0.334 e. The molecule has 2 heterocycles. The van der Waals surface area contributed by atoms with Gasteiger partial charge in [-0.15, -0.1) is 5.10 Å². The predicted molar refractivity (Wildman–Crippen MR) is 53.8 cm³/mol. The Hall–Kier alpha value is -1.27. The molecule has 1 atom stereocenters. The third-order valence-electron chi connectivity index (χ3n) is 2.06. The van der Waals surface area contributed by atoms with E-state index in [1.807, 2.05) is 16.1 Å². The number of nitrogens with zero attached hydrogens (tertiary/aromatic N) is 4. The molecule has 0 aromatic carbocycles. The molecule has 2 rings (SSSR count). The van der Waals surface area contributed by atoms with Crippen LogP contribution in [0.2, 0.25) is 0 Å². The van der Waals surface area contributed by atoms with Gasteiger partial charge >= 0.3 is 0 Å². The maximum absolute atomic E-state index is 6.00. The molecule has 0 amide bonds. The molecule has 0 aliphatic carbocycles. The van der Waals surface area contributed by atoms with Gasteiger partial charge in [0.05, 0.1) is 5.69 Å². The molecule has 0 saturated heterocycles. The number of nitrogens with two attached hydrogens (primary N) is 1. The van der Waals surface area contributed by atoms with Crippen LogP contribution in [0, 0.1) is 0 Å². The van der Waals surface area contributed by atoms with Gasteiger partial charge in [0.1, 0.15) is 11.9 Å². The van der Waals surface area contributed by atoms with E-state index >= 15 is 0 Å². The smallest absolute Gasteiger partial charge is 0.131 e. The Morgan fingerprint density at radius 1 is 1.64 bits per heavy atom. The lowest BCUT2D eigenvalue weighted by molar-refractivity contribution is 0.646. The maximum Gasteiger partial charge on any atom is 0.131 e. The molecule has 74 valence electrons. The minimum absolute atomic E-state index is 0.274. The summed E-state index contributed by atoms with van der Waals surface area (Å²) in [4.78, 5) is 4.22. The van der Waals surface area contributed by atoms with Crippen molar-refractivity contribution in [2.75, 3.05) is 0 Å². The van der Waals surface area contributed by atoms with Gasteiger partial charge in [-0.25, -0.2) is 4.98 Å². The number of hydrogen-bond donors (Lipinski definition) is 1. The summed E-state index contributed by atoms with van der Waals surface area (Å²) in [5, 5.41) is 5.78. The van der Waals surface area contributed by atoms with Crippen molar-refractivity contribution in [1.82, 2.24) is 19.1 Å². The average molecular weight is 209 g/mol. The van der Waals surface area contributed by atoms with E-state index in [-0.39, 0.29) is 6.04 Å². The zero-order valence-electron chi connectivity index (χ0n) is 7.79. The lowest BCUT2D eigenvalue weighted by Gasteiger charge is -2.09. The van der Waals surface area contributed by atoms with Crippen LogP contribution in [0.1, 0.15) is 24.5 Å². The van der Waals surface area contributed by atoms with E-state index in [9.17, 15) is 0 Å². The topological polar surface area (TPSA) is 69.6 Å². The maximum atomic E-state index is 6.00. The van der Waals surface area contributed by atoms with Crippen LogP contribution in [-0.2, 0) is 6.54 Å². The van der Waals surface area contributed by atoms with Crippen molar-refractivity contribution in [2.45, 2.75) is 19.5 Å². The van der Waals surface area contributed by atoms with Gasteiger partial charge in [0.2, 0.25) is 0 Å². The van der Waals surface area contributed by atoms with E-state index in [4.69, 9.17) is 5.73 Å². The van der Waals surface area contributed by atoms with E-state index in [1.165, 1.54) is 11.5 Å². The van der Waals surface area contributed by atoms with E-state index in [2.05, 4.69) is 21.5 Å². The summed E-state index contributed by atoms with van der Waals surface area (Å²) in [5.41, 5.74) is 6.78. The van der Waals surface area contributed by atoms with Gasteiger partial charge in [-0.05, 0) is 18.5 Å². The Morgan fingerprint density at radius 2 is 2.50 bits per heavy atom. The second-order valence-electron chi connectivity index (χ2n) is 2.88. The van der Waals surface area contributed by atoms with Crippen molar-refractivity contribution < 1.29 is 0 Å². The first-order valence-corrected chi connectivity index (χ1v) is 5.20. The Morgan fingerprint density at radius 3 is 3.14 bits per heavy atom. The van der Waals surface area contributed by atoms with Gasteiger partial charge < -0.3 is 10.3 Å². The van der Waals surface area contributed by atoms with E-state index in [0.29, 0.717) is 0 Å². The lowest BCUT2D eigenvalue weighted by atomic mass is 10.2. The molecule has 2 aromatic rings. The molecule has 0 aliphatic heterocycles. The molecule has 0 bridgehead atoms. The van der Waals surface area contributed by atoms with Crippen molar-refractivity contribution in [2.24, 2.45) is 5.73 Å². The first-order chi connectivity index (χ1) is 6.83. The fraction of sp³-hybridized carbons (Fsp3) is 0.375. The first-order valence-electron chi connectivity index (χ1n) is 4.36. The number of aryl methyl sites for hydroxylation is 1. The summed E-state index contributed by atoms with van der Waals surface area (Å²) < 4.78 is 5.79. The molecule has 0 saturated carbocycles. The SMILES string of the molecule is CCn1ccnc1C(N)c1csnn1. The highest BCUT2D eigenvalue weighted by Gasteiger charge is 2.16. The standard InChI is InChI=1S/C8H11N5S/c1-2-13-4-3-10-8(13)7(9)6-5-14-12-11-6/h3-5,7H,2,9H2,1H3. The Bertz CT molecular complexity index is 394. The van der Waals surface area contributed by atoms with Crippen LogP contribution in [-0.4, -0.2) is 19.1 Å². The fourth-order valence-electron chi connectivity index (χ4n) is 1.31. The third kappa shape index (κ3) is 1.53. The lowest BCUT2D eigenvalue weighted by Crippen LogP contribution is -2.17. The second-order valence-corrected chi connectivity index (χ2v) is 3.49. The van der Waals surface area contributed by atoms with Crippen molar-refractivity contribution in [1.29, 1.82) is 0 Å². The summed E-state index contributed by atoms with van der Waals surface area (Å²) in [5.74, 6) is 0.834. The molecular formula is C8H11N5S. The fourth-order valence-corrected chi connectivity index (χ4v) is 1.80. The normalized spacial score (nSPS) is 13.0. The Balaban J connectivity index is 2.31. The van der Waals surface area contributed by atoms with Gasteiger partial charge in [0.25, 0.3) is 0 Å². The minimum Gasteiger partial charge on any atom is -0.334 e. The number of imidazole rings is 1. The van der Waals surface area contributed by atoms with Gasteiger partial charge in [-0.2, -0.15) is 0 Å². The molecule has 1 unspecified atom stereocenters. The highest BCUT2D eigenvalue weighted by Crippen LogP contribution is 2.16. The molecule has 0 fully saturated rings. The first kappa shape index (κ1) is 9.29. The van der Waals surface area contributed by atoms with Crippen LogP contribution in [0.5, 0.6) is 0 Å². The molecule has 0 aliphatic rings. The number of hydrogen-bond acceptors (Lipinski definition) is 5. The van der Waals surface area contributed by atoms with Crippen LogP contribution in [0.15, 0.2) is 17.8 Å². The molecule has 5 nitrogen and oxygen atoms in total. The molecule has 6 heteroatoms. The van der Waals surface area contributed by atoms with Crippen molar-refractivity contribution >= 4 is 11.5 Å². The van der Waals surface area contributed by atoms with Crippen LogP contribution in [0.4, 0.5) is 0 Å². The number of rotatable bonds is 3. The van der Waals surface area contributed by atoms with Crippen LogP contribution < -0.4 is 5.73 Å². The summed E-state index contributed by atoms with van der Waals surface area (Å²) >= 11 is 1.30. The third-order valence-corrected chi connectivity index (χ3v) is 2.58. The zero-order valence-corrected chi connectivity index (χ0v) is 8.61. The van der Waals surface area contributed by atoms with Crippen LogP contribution in [0.3, 0.4) is 0 Å². The van der Waals surface area contributed by atoms with Gasteiger partial charge in [-0.3, -0.25) is 0 Å². The number of aromatic nitrogens is 4. The van der Waals surface area contributed by atoms with Crippen molar-refractivity contribution in [3.05, 3.63) is 29.3 Å². The molecule has 0 spiro atoms. The highest BCUT2D eigenvalue weighted by molar-refractivity contribution is 7.03. The monoisotopic (exact) mass is 209 g/mol. The van der Waals surface area contributed by atoms with E-state index < -0.39 is 0 Å². The van der Waals surface area contributed by atoms with Gasteiger partial charge in [0.15, 0.2) is 0 Å². The molecule has 14 heavy (non-hydrogen) atoms. The van der Waals surface area contributed by atoms with Gasteiger partial charge in [0, 0.05) is 24.3 Å². The molecular weight excluding hydrogens is 198 g/mol. The second kappa shape index (κ2) is 3.85. The average Bonchev–Trinajstić information content (AvgIpc) is 2.87. The predicted octanol–water partition coefficient (Wildman–Crippen LogP) is 0.803. The molecule has 0 radical (unpaired) electrons. The molecule has 2 N–H and O–H groups in total. The van der Waals surface area contributed by atoms with E-state index in [0.717, 1.165) is 18.1 Å². The quantitative estimate of drug-likeness (QED) is 0.811. The Labute approximate surface area is 85.8 Å². The summed E-state index contributed by atoms with van der Waals surface area (Å²) in [6.45, 7) is 2.91. The summed E-state index contributed by atoms with van der Waals surface area (Å²) in [6.07, 6.45) is 3.66. The Kier molecular flexibility index (Phi) is 2.55. The summed E-state index contributed by atoms with van der Waals surface area (Å²) in [7, 11) is 0. The minimum atomic E-state index is -0.274. The van der Waals surface area contributed by atoms with Crippen LogP contribution >= 0.6 is 11.5 Å². The van der Waals surface area contributed by atoms with Crippen molar-refractivity contribution in [3.8, 4) is 0 Å². The zero-order chi connectivity index (χ0) is 9.97. The van der Waals surface area contributed by atoms with Crippen molar-refractivity contribution in [3.63, 3.8) is 0 Å². The highest BCUT2D eigenvalue weighted by atomic mass is 32.1.